The number of benzene rings is 2. The summed E-state index contributed by atoms with van der Waals surface area (Å²) in [6.45, 7) is 23.8. The van der Waals surface area contributed by atoms with Crippen molar-refractivity contribution in [3.63, 3.8) is 0 Å². The highest BCUT2D eigenvalue weighted by Gasteiger charge is 2.53. The molecule has 1 aliphatic carbocycles. The molecule has 13 atom stereocenters. The van der Waals surface area contributed by atoms with Gasteiger partial charge in [-0.3, -0.25) is 28.8 Å². The number of carbonyl (C=O) groups is 12. The second-order valence-electron chi connectivity index (χ2n) is 30.5. The average Bonchev–Trinajstić information content (AvgIpc) is 1.34. The van der Waals surface area contributed by atoms with Crippen LogP contribution in [0.4, 0.5) is 17.6 Å². The lowest BCUT2D eigenvalue weighted by molar-refractivity contribution is -0.226. The summed E-state index contributed by atoms with van der Waals surface area (Å²) in [5.74, 6) is -22.5. The Morgan fingerprint density at radius 3 is 1.01 bits per heavy atom. The normalized spacial score (nSPS) is 26.3. The maximum atomic E-state index is 13.0. The van der Waals surface area contributed by atoms with Crippen LogP contribution in [0.5, 0.6) is 0 Å². The van der Waals surface area contributed by atoms with Gasteiger partial charge in [0, 0.05) is 111 Å². The number of ketones is 6. The Morgan fingerprint density at radius 2 is 0.696 bits per heavy atom. The minimum atomic E-state index is -4.47. The summed E-state index contributed by atoms with van der Waals surface area (Å²) in [7, 11) is 1.52. The van der Waals surface area contributed by atoms with Crippen molar-refractivity contribution in [2.45, 2.75) is 239 Å². The van der Waals surface area contributed by atoms with Crippen LogP contribution in [-0.4, -0.2) is 189 Å². The van der Waals surface area contributed by atoms with Crippen molar-refractivity contribution in [1.82, 2.24) is 0 Å². The molecule has 125 heavy (non-hydrogen) atoms. The zero-order chi connectivity index (χ0) is 93.9. The molecule has 1 aromatic heterocycles. The molecule has 7 aliphatic rings. The topological polar surface area (TPSA) is 459 Å². The second-order valence-corrected chi connectivity index (χ2v) is 30.5. The number of halogens is 4. The van der Waals surface area contributed by atoms with Gasteiger partial charge in [-0.05, 0) is 169 Å². The fourth-order valence-electron chi connectivity index (χ4n) is 13.7. The van der Waals surface area contributed by atoms with Crippen molar-refractivity contribution in [2.24, 2.45) is 29.6 Å². The number of alkyl halides is 3. The van der Waals surface area contributed by atoms with E-state index >= 15 is 0 Å². The molecular formula is C89H114F4O32. The van der Waals surface area contributed by atoms with Crippen LogP contribution in [-0.2, 0) is 125 Å². The molecule has 7 heterocycles. The summed E-state index contributed by atoms with van der Waals surface area (Å²) in [6, 6.07) is 13.3. The van der Waals surface area contributed by atoms with Crippen LogP contribution in [0.1, 0.15) is 215 Å². The van der Waals surface area contributed by atoms with E-state index in [1.54, 1.807) is 78.8 Å². The molecule has 2 aromatic carbocycles. The maximum absolute atomic E-state index is 13.0. The molecule has 1 saturated carbocycles. The van der Waals surface area contributed by atoms with Gasteiger partial charge in [0.05, 0.1) is 57.6 Å². The lowest BCUT2D eigenvalue weighted by Gasteiger charge is -2.38. The molecule has 36 heteroatoms. The first-order valence-electron chi connectivity index (χ1n) is 40.8. The van der Waals surface area contributed by atoms with Gasteiger partial charge in [0.15, 0.2) is 69.3 Å². The molecular weight excluding hydrogens is 1660 g/mol. The lowest BCUT2D eigenvalue weighted by atomic mass is 9.76. The molecule has 6 N–H and O–H groups in total. The Hall–Kier alpha value is -10.8. The Labute approximate surface area is 721 Å². The minimum absolute atomic E-state index is 0.00539. The monoisotopic (exact) mass is 1770 g/mol. The molecule has 0 spiro atoms. The van der Waals surface area contributed by atoms with E-state index in [1.165, 1.54) is 116 Å². The highest BCUT2D eigenvalue weighted by molar-refractivity contribution is 5.96. The number of carbonyl (C=O) groups excluding carboxylic acids is 12. The molecule has 32 nitrogen and oxygen atoms in total. The zero-order valence-corrected chi connectivity index (χ0v) is 72.8. The molecule has 13 unspecified atom stereocenters. The second kappa shape index (κ2) is 46.5. The van der Waals surface area contributed by atoms with Crippen molar-refractivity contribution in [3.05, 3.63) is 166 Å². The summed E-state index contributed by atoms with van der Waals surface area (Å²) >= 11 is 0. The SMILES string of the molecule is CCOC(=O)C1(O)CC(C(C)C)C=C(C(C)=O)O1.CCOC(=O)C1(O)CC(C(C)OC)C=C(C(C)=O)O1.CCOC(=O)C1(O)CC(C2CCCCC2)C=C(C(C)=O)O1.CCOC(=O)C1(O)CC(c2ccc(C(F)(F)F)cc2)C=C(C(C)=O)O1.CCOC(=O)C1(O)CC(c2ccc(F)cc2)C=C(C(C)=O)O1.CCOC(=O)C1(O)CC(c2ccco2)C=C(C(C)=O)O1. The van der Waals surface area contributed by atoms with Crippen molar-refractivity contribution in [1.29, 1.82) is 0 Å². The number of ether oxygens (including phenoxy) is 13. The van der Waals surface area contributed by atoms with E-state index in [4.69, 9.17) is 66.0 Å². The molecule has 6 aliphatic heterocycles. The summed E-state index contributed by atoms with van der Waals surface area (Å²) in [6.07, 6.45) is 11.6. The molecule has 0 radical (unpaired) electrons. The number of Topliss-reactive ketones (excluding diaryl/α,β-unsaturated/α-hetero) is 6. The van der Waals surface area contributed by atoms with Crippen LogP contribution in [0.3, 0.4) is 0 Å². The molecule has 0 amide bonds. The van der Waals surface area contributed by atoms with Gasteiger partial charge >= 0.3 is 76.7 Å². The fourth-order valence-corrected chi connectivity index (χ4v) is 13.7. The van der Waals surface area contributed by atoms with E-state index in [2.05, 4.69) is 0 Å². The Balaban J connectivity index is 0.000000267. The first-order valence-corrected chi connectivity index (χ1v) is 40.8. The van der Waals surface area contributed by atoms with Crippen molar-refractivity contribution >= 4 is 70.5 Å². The van der Waals surface area contributed by atoms with Crippen molar-refractivity contribution < 1.29 is 172 Å². The van der Waals surface area contributed by atoms with E-state index in [-0.39, 0.29) is 166 Å². The van der Waals surface area contributed by atoms with Gasteiger partial charge in [0.1, 0.15) is 11.6 Å². The summed E-state index contributed by atoms with van der Waals surface area (Å²) in [5.41, 5.74) is 0.240. The lowest BCUT2D eigenvalue weighted by Crippen LogP contribution is -2.48. The third-order valence-electron chi connectivity index (χ3n) is 20.5. The summed E-state index contributed by atoms with van der Waals surface area (Å²) in [5, 5.41) is 62.2. The average molecular weight is 1770 g/mol. The first-order chi connectivity index (χ1) is 58.5. The maximum Gasteiger partial charge on any atom is 0.416 e. The van der Waals surface area contributed by atoms with Gasteiger partial charge in [-0.2, -0.15) is 13.2 Å². The standard InChI is InChI=1S/C17H17F3O5.C16H17FO5.C16H24O5.C14H16O6.C13H20O6.C13H20O5/c1-3-24-15(22)16(23)9-12(8-14(25-16)10(2)21)11-4-6-13(7-5-11)17(18,19)20;1-3-21-15(19)16(20)9-12(8-14(22-16)10(2)18)11-4-6-13(17)7-5-11;1-3-20-15(18)16(19)10-13(9-14(21-16)11(2)17)12-7-5-4-6-8-12;1-3-18-13(16)14(17)8-10(11-5-4-6-19-11)7-12(20-14)9(2)15;1-5-18-12(15)13(16)7-10(9(3)17-4)6-11(19-13)8(2)14;1-5-17-12(15)13(16)7-10(8(2)3)6-11(18-13)9(4)14/h4-8,12,23H,3,9H2,1-2H3;4-8,12,20H,3,9H2,1-2H3;9,12-13,19H,3-8,10H2,1-2H3;4-7,10,17H,3,8H2,1-2H3;6,9-10,16H,5,7H2,1-4H3;6,8,10,16H,5,7H2,1-4H3. The zero-order valence-electron chi connectivity index (χ0n) is 72.8. The molecule has 3 aromatic rings. The predicted molar refractivity (Wildman–Crippen MR) is 429 cm³/mol. The van der Waals surface area contributed by atoms with Gasteiger partial charge < -0.3 is 96.6 Å². The van der Waals surface area contributed by atoms with E-state index in [9.17, 15) is 106 Å². The predicted octanol–water partition coefficient (Wildman–Crippen LogP) is 11.0. The number of furan rings is 1. The third kappa shape index (κ3) is 29.4. The first kappa shape index (κ1) is 105. The fraction of sp³-hybridized carbons (Fsp3) is 0.551. The Morgan fingerprint density at radius 1 is 0.400 bits per heavy atom. The highest BCUT2D eigenvalue weighted by Crippen LogP contribution is 2.44. The molecule has 690 valence electrons. The quantitative estimate of drug-likeness (QED) is 0.0261. The van der Waals surface area contributed by atoms with Crippen molar-refractivity contribution in [2.75, 3.05) is 46.8 Å². The summed E-state index contributed by atoms with van der Waals surface area (Å²) < 4.78 is 121. The third-order valence-corrected chi connectivity index (χ3v) is 20.5. The Bertz CT molecular complexity index is 4460. The number of hydrogen-bond donors (Lipinski definition) is 6. The van der Waals surface area contributed by atoms with Crippen LogP contribution < -0.4 is 0 Å². The summed E-state index contributed by atoms with van der Waals surface area (Å²) in [4.78, 5) is 140. The van der Waals surface area contributed by atoms with Gasteiger partial charge in [0.25, 0.3) is 0 Å². The van der Waals surface area contributed by atoms with Crippen LogP contribution in [0.25, 0.3) is 0 Å². The van der Waals surface area contributed by atoms with Crippen molar-refractivity contribution in [3.8, 4) is 0 Å². The number of aliphatic hydroxyl groups is 6. The van der Waals surface area contributed by atoms with Gasteiger partial charge in [-0.1, -0.05) is 57.4 Å². The van der Waals surface area contributed by atoms with Crippen LogP contribution in [0, 0.1) is 35.4 Å². The van der Waals surface area contributed by atoms with Gasteiger partial charge in [0.2, 0.25) is 0 Å². The number of esters is 6. The number of allylic oxidation sites excluding steroid dienone is 11. The molecule has 1 fully saturated rings. The largest absolute Gasteiger partial charge is 0.469 e. The van der Waals surface area contributed by atoms with E-state index in [0.717, 1.165) is 37.8 Å². The van der Waals surface area contributed by atoms with E-state index < -0.39 is 117 Å². The molecule has 10 rings (SSSR count). The number of hydrogen-bond acceptors (Lipinski definition) is 32. The Kier molecular flexibility index (Phi) is 38.9. The molecule has 0 bridgehead atoms. The molecule has 0 saturated heterocycles. The van der Waals surface area contributed by atoms with Crippen LogP contribution in [0.2, 0.25) is 0 Å². The number of methoxy groups -OCH3 is 1. The van der Waals surface area contributed by atoms with Gasteiger partial charge in [-0.25, -0.2) is 33.2 Å². The minimum Gasteiger partial charge on any atom is -0.469 e. The van der Waals surface area contributed by atoms with E-state index in [0.29, 0.717) is 22.8 Å². The van der Waals surface area contributed by atoms with Gasteiger partial charge in [-0.15, -0.1) is 0 Å². The highest BCUT2D eigenvalue weighted by atomic mass is 19.4. The van der Waals surface area contributed by atoms with E-state index in [1.807, 2.05) is 13.8 Å². The van der Waals surface area contributed by atoms with Crippen LogP contribution >= 0.6 is 0 Å². The smallest absolute Gasteiger partial charge is 0.416 e. The van der Waals surface area contributed by atoms with Crippen LogP contribution in [0.15, 0.2) is 142 Å². The number of rotatable bonds is 25.